The molecule has 1 saturated heterocycles. The first-order chi connectivity index (χ1) is 16.5. The van der Waals surface area contributed by atoms with Crippen molar-refractivity contribution >= 4 is 5.91 Å². The molecule has 2 aromatic carbocycles. The fraction of sp³-hybridized carbons (Fsp3) is 0.375. The Bertz CT molecular complexity index is 1160. The van der Waals surface area contributed by atoms with Crippen LogP contribution in [0.15, 0.2) is 46.9 Å². The number of hydrazine groups is 1. The van der Waals surface area contributed by atoms with Crippen molar-refractivity contribution in [2.24, 2.45) is 5.92 Å². The Kier molecular flexibility index (Phi) is 6.34. The SMILES string of the molecule is O=C1c2cc(-c3nnc(C(F)F)o3)ccc2CN1N(Cc1ccc(F)cc1)CC1CCOCC1. The van der Waals surface area contributed by atoms with Crippen LogP contribution in [0.4, 0.5) is 13.2 Å². The standard InChI is InChI=1S/C24H23F3N4O3/c25-19-5-1-15(2-6-19)12-30(13-16-7-9-33-10-8-16)31-14-18-4-3-17(11-20(18)24(31)32)22-28-29-23(34-22)21(26)27/h1-6,11,16,21H,7-10,12-14H2. The summed E-state index contributed by atoms with van der Waals surface area (Å²) in [6.45, 7) is 2.88. The van der Waals surface area contributed by atoms with Crippen LogP contribution in [-0.4, -0.2) is 45.9 Å². The Balaban J connectivity index is 1.39. The van der Waals surface area contributed by atoms with E-state index in [1.165, 1.54) is 12.1 Å². The van der Waals surface area contributed by atoms with Gasteiger partial charge in [-0.1, -0.05) is 18.2 Å². The van der Waals surface area contributed by atoms with E-state index < -0.39 is 12.3 Å². The van der Waals surface area contributed by atoms with Crippen LogP contribution in [0, 0.1) is 11.7 Å². The van der Waals surface area contributed by atoms with Crippen molar-refractivity contribution in [3.8, 4) is 11.5 Å². The zero-order valence-corrected chi connectivity index (χ0v) is 18.3. The van der Waals surface area contributed by atoms with Crippen molar-refractivity contribution in [2.75, 3.05) is 19.8 Å². The van der Waals surface area contributed by atoms with Crippen molar-refractivity contribution in [2.45, 2.75) is 32.4 Å². The van der Waals surface area contributed by atoms with Gasteiger partial charge in [-0.2, -0.15) is 8.78 Å². The highest BCUT2D eigenvalue weighted by atomic mass is 19.3. The fourth-order valence-electron chi connectivity index (χ4n) is 4.36. The third-order valence-corrected chi connectivity index (χ3v) is 6.20. The number of hydrogen-bond acceptors (Lipinski definition) is 6. The van der Waals surface area contributed by atoms with Gasteiger partial charge in [0.25, 0.3) is 11.8 Å². The van der Waals surface area contributed by atoms with Crippen LogP contribution in [0.2, 0.25) is 0 Å². The number of amides is 1. The van der Waals surface area contributed by atoms with Crippen molar-refractivity contribution in [3.05, 3.63) is 70.9 Å². The molecule has 1 amide bonds. The summed E-state index contributed by atoms with van der Waals surface area (Å²) in [5, 5.41) is 10.7. The van der Waals surface area contributed by atoms with Gasteiger partial charge in [0.2, 0.25) is 5.89 Å². The normalized spacial score (nSPS) is 16.6. The van der Waals surface area contributed by atoms with Gasteiger partial charge in [0.1, 0.15) is 5.82 Å². The molecule has 0 unspecified atom stereocenters. The highest BCUT2D eigenvalue weighted by Crippen LogP contribution is 2.31. The number of hydrogen-bond donors (Lipinski definition) is 0. The maximum atomic E-state index is 13.4. The highest BCUT2D eigenvalue weighted by Gasteiger charge is 2.34. The molecule has 2 aliphatic heterocycles. The molecule has 1 fully saturated rings. The van der Waals surface area contributed by atoms with Crippen LogP contribution in [-0.2, 0) is 17.8 Å². The summed E-state index contributed by atoms with van der Waals surface area (Å²) in [5.74, 6) is -0.958. The molecule has 0 aliphatic carbocycles. The van der Waals surface area contributed by atoms with Crippen molar-refractivity contribution in [1.29, 1.82) is 0 Å². The van der Waals surface area contributed by atoms with E-state index in [2.05, 4.69) is 10.2 Å². The number of carbonyl (C=O) groups excluding carboxylic acids is 1. The van der Waals surface area contributed by atoms with E-state index in [1.807, 2.05) is 5.01 Å². The molecule has 0 saturated carbocycles. The lowest BCUT2D eigenvalue weighted by molar-refractivity contribution is -0.0385. The molecule has 0 bridgehead atoms. The molecule has 10 heteroatoms. The second-order valence-corrected chi connectivity index (χ2v) is 8.51. The molecule has 1 aromatic heterocycles. The van der Waals surface area contributed by atoms with Crippen LogP contribution in [0.25, 0.3) is 11.5 Å². The highest BCUT2D eigenvalue weighted by molar-refractivity contribution is 5.99. The summed E-state index contributed by atoms with van der Waals surface area (Å²) in [6.07, 6.45) is -1.05. The number of halogens is 3. The molecule has 178 valence electrons. The van der Waals surface area contributed by atoms with Gasteiger partial charge in [0.05, 0.1) is 6.54 Å². The van der Waals surface area contributed by atoms with Crippen molar-refractivity contribution in [3.63, 3.8) is 0 Å². The number of carbonyl (C=O) groups is 1. The second kappa shape index (κ2) is 9.55. The van der Waals surface area contributed by atoms with Gasteiger partial charge in [0.15, 0.2) is 0 Å². The smallest absolute Gasteiger partial charge is 0.314 e. The zero-order valence-electron chi connectivity index (χ0n) is 18.3. The van der Waals surface area contributed by atoms with E-state index >= 15 is 0 Å². The van der Waals surface area contributed by atoms with Crippen LogP contribution in [0.1, 0.15) is 46.6 Å². The Morgan fingerprint density at radius 1 is 1.09 bits per heavy atom. The molecular weight excluding hydrogens is 449 g/mol. The molecular formula is C24H23F3N4O3. The number of alkyl halides is 2. The molecule has 5 rings (SSSR count). The first-order valence-corrected chi connectivity index (χ1v) is 11.1. The summed E-state index contributed by atoms with van der Waals surface area (Å²) in [6, 6.07) is 11.3. The number of ether oxygens (including phenoxy) is 1. The minimum absolute atomic E-state index is 0.0604. The number of rotatable bonds is 7. The van der Waals surface area contributed by atoms with E-state index in [0.29, 0.717) is 49.9 Å². The van der Waals surface area contributed by atoms with Crippen molar-refractivity contribution in [1.82, 2.24) is 20.2 Å². The van der Waals surface area contributed by atoms with Gasteiger partial charge in [-0.3, -0.25) is 9.80 Å². The summed E-state index contributed by atoms with van der Waals surface area (Å²) in [5.41, 5.74) is 2.58. The molecule has 0 atom stereocenters. The van der Waals surface area contributed by atoms with Gasteiger partial charge in [-0.15, -0.1) is 10.2 Å². The zero-order chi connectivity index (χ0) is 23.7. The third-order valence-electron chi connectivity index (χ3n) is 6.20. The molecule has 0 N–H and O–H groups in total. The average Bonchev–Trinajstić information content (AvgIpc) is 3.46. The van der Waals surface area contributed by atoms with Crippen molar-refractivity contribution < 1.29 is 27.1 Å². The predicted molar refractivity (Wildman–Crippen MR) is 115 cm³/mol. The molecule has 7 nitrogen and oxygen atoms in total. The van der Waals surface area contributed by atoms with E-state index in [0.717, 1.165) is 24.0 Å². The maximum absolute atomic E-state index is 13.4. The molecule has 3 aromatic rings. The molecule has 2 aliphatic rings. The van der Waals surface area contributed by atoms with Crippen LogP contribution in [0.5, 0.6) is 0 Å². The van der Waals surface area contributed by atoms with Crippen LogP contribution >= 0.6 is 0 Å². The second-order valence-electron chi connectivity index (χ2n) is 8.51. The monoisotopic (exact) mass is 472 g/mol. The molecule has 0 radical (unpaired) electrons. The minimum atomic E-state index is -2.86. The number of nitrogens with zero attached hydrogens (tertiary/aromatic N) is 4. The molecule has 0 spiro atoms. The Morgan fingerprint density at radius 2 is 1.85 bits per heavy atom. The summed E-state index contributed by atoms with van der Waals surface area (Å²) < 4.78 is 49.6. The number of benzene rings is 2. The lowest BCUT2D eigenvalue weighted by Gasteiger charge is -2.35. The minimum Gasteiger partial charge on any atom is -0.415 e. The fourth-order valence-corrected chi connectivity index (χ4v) is 4.36. The number of aromatic nitrogens is 2. The number of fused-ring (bicyclic) bond motifs is 1. The topological polar surface area (TPSA) is 71.7 Å². The molecule has 3 heterocycles. The predicted octanol–water partition coefficient (Wildman–Crippen LogP) is 4.61. The third kappa shape index (κ3) is 4.69. The van der Waals surface area contributed by atoms with E-state index in [-0.39, 0.29) is 17.6 Å². The molecule has 34 heavy (non-hydrogen) atoms. The Labute approximate surface area is 194 Å². The summed E-state index contributed by atoms with van der Waals surface area (Å²) in [7, 11) is 0. The Hall–Kier alpha value is -3.24. The first kappa shape index (κ1) is 22.5. The maximum Gasteiger partial charge on any atom is 0.314 e. The lowest BCUT2D eigenvalue weighted by atomic mass is 10.00. The largest absolute Gasteiger partial charge is 0.415 e. The van der Waals surface area contributed by atoms with Gasteiger partial charge < -0.3 is 9.15 Å². The summed E-state index contributed by atoms with van der Waals surface area (Å²) in [4.78, 5) is 13.4. The van der Waals surface area contributed by atoms with Gasteiger partial charge in [0, 0.05) is 37.4 Å². The van der Waals surface area contributed by atoms with E-state index in [9.17, 15) is 18.0 Å². The van der Waals surface area contributed by atoms with Gasteiger partial charge in [-0.25, -0.2) is 9.40 Å². The van der Waals surface area contributed by atoms with Gasteiger partial charge >= 0.3 is 6.43 Å². The summed E-state index contributed by atoms with van der Waals surface area (Å²) >= 11 is 0. The van der Waals surface area contributed by atoms with Crippen LogP contribution < -0.4 is 0 Å². The quantitative estimate of drug-likeness (QED) is 0.500. The van der Waals surface area contributed by atoms with Gasteiger partial charge in [-0.05, 0) is 54.2 Å². The average molecular weight is 472 g/mol. The van der Waals surface area contributed by atoms with E-state index in [1.54, 1.807) is 35.3 Å². The first-order valence-electron chi connectivity index (χ1n) is 11.1. The lowest BCUT2D eigenvalue weighted by Crippen LogP contribution is -2.45. The van der Waals surface area contributed by atoms with E-state index in [4.69, 9.17) is 9.15 Å². The Morgan fingerprint density at radius 3 is 2.56 bits per heavy atom. The van der Waals surface area contributed by atoms with Crippen LogP contribution in [0.3, 0.4) is 0 Å².